The average Bonchev–Trinajstić information content (AvgIpc) is 3.10. The summed E-state index contributed by atoms with van der Waals surface area (Å²) in [5.41, 5.74) is 0.800. The molecule has 158 valence electrons. The lowest BCUT2D eigenvalue weighted by atomic mass is 10.2. The molecule has 0 aliphatic heterocycles. The van der Waals surface area contributed by atoms with Gasteiger partial charge in [-0.15, -0.1) is 0 Å². The van der Waals surface area contributed by atoms with Crippen LogP contribution >= 0.6 is 0 Å². The maximum atomic E-state index is 13.2. The third-order valence-electron chi connectivity index (χ3n) is 4.47. The molecule has 0 aliphatic rings. The molecule has 29 heavy (non-hydrogen) atoms. The van der Waals surface area contributed by atoms with Crippen molar-refractivity contribution >= 4 is 11.8 Å². The molecule has 1 aromatic carbocycles. The molecule has 0 saturated heterocycles. The molecule has 1 heterocycles. The van der Waals surface area contributed by atoms with Crippen LogP contribution in [0.25, 0.3) is 0 Å². The van der Waals surface area contributed by atoms with Crippen LogP contribution in [0.1, 0.15) is 37.4 Å². The molecule has 0 spiro atoms. The lowest BCUT2D eigenvalue weighted by molar-refractivity contribution is -0.140. The molecule has 0 aliphatic carbocycles. The Labute approximate surface area is 171 Å². The zero-order valence-electron chi connectivity index (χ0n) is 17.3. The summed E-state index contributed by atoms with van der Waals surface area (Å²) < 4.78 is 24.1. The van der Waals surface area contributed by atoms with E-state index in [9.17, 15) is 14.0 Å². The Kier molecular flexibility index (Phi) is 8.86. The number of hydrogen-bond acceptors (Lipinski definition) is 4. The number of hydrogen-bond donors (Lipinski definition) is 0. The summed E-state index contributed by atoms with van der Waals surface area (Å²) in [6.45, 7) is 7.36. The third kappa shape index (κ3) is 7.69. The van der Waals surface area contributed by atoms with E-state index in [2.05, 4.69) is 0 Å². The largest absolute Gasteiger partial charge is 0.464 e. The number of carbonyl (C=O) groups is 2. The van der Waals surface area contributed by atoms with Gasteiger partial charge < -0.3 is 19.0 Å². The zero-order chi connectivity index (χ0) is 21.2. The fraction of sp³-hybridized carbons (Fsp3) is 0.455. The normalized spacial score (nSPS) is 10.8. The second-order valence-corrected chi connectivity index (χ2v) is 6.88. The highest BCUT2D eigenvalue weighted by Crippen LogP contribution is 2.14. The second kappa shape index (κ2) is 11.4. The number of rotatable bonds is 11. The van der Waals surface area contributed by atoms with Crippen molar-refractivity contribution in [1.82, 2.24) is 9.80 Å². The van der Waals surface area contributed by atoms with Crippen molar-refractivity contribution in [3.63, 3.8) is 0 Å². The molecule has 0 unspecified atom stereocenters. The van der Waals surface area contributed by atoms with Crippen LogP contribution in [0, 0.1) is 12.7 Å². The number of furan rings is 1. The van der Waals surface area contributed by atoms with Crippen molar-refractivity contribution in [1.29, 1.82) is 0 Å². The number of halogens is 1. The summed E-state index contributed by atoms with van der Waals surface area (Å²) in [5.74, 6) is 0.727. The van der Waals surface area contributed by atoms with Crippen molar-refractivity contribution in [2.45, 2.75) is 40.3 Å². The first-order valence-electron chi connectivity index (χ1n) is 9.79. The van der Waals surface area contributed by atoms with Gasteiger partial charge in [-0.05, 0) is 50.1 Å². The van der Waals surface area contributed by atoms with Gasteiger partial charge in [0.2, 0.25) is 11.8 Å². The molecule has 1 aromatic heterocycles. The Hall–Kier alpha value is -2.67. The molecule has 0 N–H and O–H groups in total. The van der Waals surface area contributed by atoms with Gasteiger partial charge in [0.05, 0.1) is 13.1 Å². The van der Waals surface area contributed by atoms with Gasteiger partial charge in [0.1, 0.15) is 17.3 Å². The molecule has 0 fully saturated rings. The Morgan fingerprint density at radius 2 is 1.79 bits per heavy atom. The first kappa shape index (κ1) is 22.6. The number of carbonyl (C=O) groups excluding carboxylic acids is 2. The minimum atomic E-state index is -0.328. The molecule has 2 aromatic rings. The summed E-state index contributed by atoms with van der Waals surface area (Å²) in [7, 11) is 0. The monoisotopic (exact) mass is 404 g/mol. The van der Waals surface area contributed by atoms with Crippen LogP contribution in [-0.4, -0.2) is 47.9 Å². The van der Waals surface area contributed by atoms with Gasteiger partial charge in [0.25, 0.3) is 0 Å². The first-order chi connectivity index (χ1) is 13.9. The molecular formula is C22H29FN2O4. The Balaban J connectivity index is 2.08. The maximum absolute atomic E-state index is 13.2. The van der Waals surface area contributed by atoms with Crippen LogP contribution in [-0.2, 0) is 27.4 Å². The number of ether oxygens (including phenoxy) is 1. The lowest BCUT2D eigenvalue weighted by Gasteiger charge is -2.27. The standard InChI is InChI=1S/C22H29FN2O4/c1-4-28-13-5-12-24(18(3)26)16-22(27)25(15-21-11-6-17(2)29-21)14-19-7-9-20(23)10-8-19/h6-11H,4-5,12-16H2,1-3H3. The summed E-state index contributed by atoms with van der Waals surface area (Å²) in [6, 6.07) is 9.69. The Bertz CT molecular complexity index is 788. The quantitative estimate of drug-likeness (QED) is 0.538. The zero-order valence-corrected chi connectivity index (χ0v) is 17.3. The number of aryl methyl sites for hydroxylation is 1. The van der Waals surface area contributed by atoms with Gasteiger partial charge in [0, 0.05) is 33.2 Å². The third-order valence-corrected chi connectivity index (χ3v) is 4.47. The molecule has 2 rings (SSSR count). The van der Waals surface area contributed by atoms with Crippen molar-refractivity contribution in [2.75, 3.05) is 26.3 Å². The van der Waals surface area contributed by atoms with Crippen molar-refractivity contribution in [2.24, 2.45) is 0 Å². The predicted molar refractivity (Wildman–Crippen MR) is 107 cm³/mol. The summed E-state index contributed by atoms with van der Waals surface area (Å²) in [5, 5.41) is 0. The molecule has 0 bridgehead atoms. The van der Waals surface area contributed by atoms with E-state index in [1.165, 1.54) is 24.0 Å². The van der Waals surface area contributed by atoms with Crippen LogP contribution in [0.5, 0.6) is 0 Å². The summed E-state index contributed by atoms with van der Waals surface area (Å²) in [4.78, 5) is 28.1. The second-order valence-electron chi connectivity index (χ2n) is 6.88. The summed E-state index contributed by atoms with van der Waals surface area (Å²) in [6.07, 6.45) is 0.663. The van der Waals surface area contributed by atoms with Crippen molar-refractivity contribution < 1.29 is 23.1 Å². The number of amides is 2. The van der Waals surface area contributed by atoms with E-state index in [1.54, 1.807) is 17.0 Å². The Morgan fingerprint density at radius 3 is 2.38 bits per heavy atom. The average molecular weight is 404 g/mol. The molecular weight excluding hydrogens is 375 g/mol. The van der Waals surface area contributed by atoms with Crippen molar-refractivity contribution in [3.8, 4) is 0 Å². The lowest BCUT2D eigenvalue weighted by Crippen LogP contribution is -2.42. The highest BCUT2D eigenvalue weighted by molar-refractivity contribution is 5.83. The van der Waals surface area contributed by atoms with E-state index in [4.69, 9.17) is 9.15 Å². The molecule has 0 radical (unpaired) electrons. The predicted octanol–water partition coefficient (Wildman–Crippen LogP) is 3.53. The van der Waals surface area contributed by atoms with Gasteiger partial charge in [-0.25, -0.2) is 4.39 Å². The smallest absolute Gasteiger partial charge is 0.242 e. The van der Waals surface area contributed by atoms with Crippen LogP contribution in [0.15, 0.2) is 40.8 Å². The van der Waals surface area contributed by atoms with Gasteiger partial charge in [-0.3, -0.25) is 9.59 Å². The van der Waals surface area contributed by atoms with E-state index in [-0.39, 0.29) is 30.7 Å². The maximum Gasteiger partial charge on any atom is 0.242 e. The molecule has 2 amide bonds. The van der Waals surface area contributed by atoms with E-state index in [0.29, 0.717) is 38.5 Å². The van der Waals surface area contributed by atoms with Gasteiger partial charge >= 0.3 is 0 Å². The van der Waals surface area contributed by atoms with E-state index in [0.717, 1.165) is 11.3 Å². The minimum absolute atomic E-state index is 0.0255. The van der Waals surface area contributed by atoms with Crippen LogP contribution < -0.4 is 0 Å². The van der Waals surface area contributed by atoms with Gasteiger partial charge in [-0.1, -0.05) is 12.1 Å². The van der Waals surface area contributed by atoms with Crippen LogP contribution in [0.2, 0.25) is 0 Å². The molecule has 0 saturated carbocycles. The number of nitrogens with zero attached hydrogens (tertiary/aromatic N) is 2. The molecule has 6 nitrogen and oxygen atoms in total. The minimum Gasteiger partial charge on any atom is -0.464 e. The molecule has 7 heteroatoms. The van der Waals surface area contributed by atoms with E-state index in [1.807, 2.05) is 26.0 Å². The van der Waals surface area contributed by atoms with Crippen molar-refractivity contribution in [3.05, 3.63) is 59.3 Å². The van der Waals surface area contributed by atoms with Crippen LogP contribution in [0.3, 0.4) is 0 Å². The fourth-order valence-electron chi connectivity index (χ4n) is 2.91. The van der Waals surface area contributed by atoms with E-state index >= 15 is 0 Å². The van der Waals surface area contributed by atoms with Gasteiger partial charge in [0.15, 0.2) is 0 Å². The summed E-state index contributed by atoms with van der Waals surface area (Å²) >= 11 is 0. The Morgan fingerprint density at radius 1 is 1.07 bits per heavy atom. The number of benzene rings is 1. The fourth-order valence-corrected chi connectivity index (χ4v) is 2.91. The highest BCUT2D eigenvalue weighted by atomic mass is 19.1. The first-order valence-corrected chi connectivity index (χ1v) is 9.79. The molecule has 0 atom stereocenters. The van der Waals surface area contributed by atoms with Crippen LogP contribution in [0.4, 0.5) is 4.39 Å². The topological polar surface area (TPSA) is 63.0 Å². The van der Waals surface area contributed by atoms with E-state index < -0.39 is 0 Å². The highest BCUT2D eigenvalue weighted by Gasteiger charge is 2.21. The SMILES string of the molecule is CCOCCCN(CC(=O)N(Cc1ccc(F)cc1)Cc1ccc(C)o1)C(C)=O. The van der Waals surface area contributed by atoms with Gasteiger partial charge in [-0.2, -0.15) is 0 Å².